The summed E-state index contributed by atoms with van der Waals surface area (Å²) in [4.78, 5) is 13.4. The van der Waals surface area contributed by atoms with Crippen molar-refractivity contribution in [3.63, 3.8) is 0 Å². The fraction of sp³-hybridized carbons (Fsp3) is 0.300. The summed E-state index contributed by atoms with van der Waals surface area (Å²) >= 11 is 1.37. The van der Waals surface area contributed by atoms with Gasteiger partial charge < -0.3 is 5.32 Å². The number of carbonyl (C=O) groups excluding carboxylic acids is 1. The summed E-state index contributed by atoms with van der Waals surface area (Å²) in [5, 5.41) is 12.5. The van der Waals surface area contributed by atoms with Crippen molar-refractivity contribution < 1.29 is 13.2 Å². The summed E-state index contributed by atoms with van der Waals surface area (Å²) < 4.78 is 26.4. The molecule has 8 heteroatoms. The summed E-state index contributed by atoms with van der Waals surface area (Å²) in [5.74, 6) is -0.349. The molecule has 0 fully saturated rings. The quantitative estimate of drug-likeness (QED) is 0.692. The summed E-state index contributed by atoms with van der Waals surface area (Å²) in [6.45, 7) is 8.17. The van der Waals surface area contributed by atoms with E-state index in [1.165, 1.54) is 33.9 Å². The van der Waals surface area contributed by atoms with Crippen molar-refractivity contribution in [1.29, 1.82) is 5.26 Å². The van der Waals surface area contributed by atoms with Gasteiger partial charge in [0.1, 0.15) is 11.1 Å². The lowest BCUT2D eigenvalue weighted by Gasteiger charge is -2.18. The third kappa shape index (κ3) is 4.68. The molecule has 0 saturated heterocycles. The Morgan fingerprint density at radius 3 is 2.36 bits per heavy atom. The van der Waals surface area contributed by atoms with Gasteiger partial charge in [-0.15, -0.1) is 11.3 Å². The van der Waals surface area contributed by atoms with E-state index in [0.717, 1.165) is 10.4 Å². The highest BCUT2D eigenvalue weighted by atomic mass is 32.2. The van der Waals surface area contributed by atoms with E-state index in [4.69, 9.17) is 0 Å². The van der Waals surface area contributed by atoms with Crippen molar-refractivity contribution in [3.05, 3.63) is 51.9 Å². The standard InChI is InChI=1S/C20H23N3O3S2/c1-5-23(6-2)28(25,26)17-10-7-16(8-11-17)9-12-19(24)22-20-18(13-21)14(3)15(4)27-20/h7-12H,5-6H2,1-4H3,(H,22,24)/b12-9+. The second kappa shape index (κ2) is 9.15. The predicted octanol–water partition coefficient (Wildman–Crippen LogP) is 3.92. The number of amides is 1. The van der Waals surface area contributed by atoms with Crippen molar-refractivity contribution in [2.75, 3.05) is 18.4 Å². The molecule has 0 aliphatic rings. The van der Waals surface area contributed by atoms with Gasteiger partial charge in [0.2, 0.25) is 15.9 Å². The molecule has 1 aromatic heterocycles. The Kier molecular flexibility index (Phi) is 7.13. The van der Waals surface area contributed by atoms with Crippen molar-refractivity contribution in [2.45, 2.75) is 32.6 Å². The van der Waals surface area contributed by atoms with E-state index < -0.39 is 10.0 Å². The second-order valence-corrected chi connectivity index (χ2v) is 9.24. The zero-order valence-corrected chi connectivity index (χ0v) is 17.9. The molecular weight excluding hydrogens is 394 g/mol. The number of carbonyl (C=O) groups is 1. The second-order valence-electron chi connectivity index (χ2n) is 6.08. The van der Waals surface area contributed by atoms with E-state index in [0.29, 0.717) is 29.2 Å². The van der Waals surface area contributed by atoms with Crippen LogP contribution >= 0.6 is 11.3 Å². The third-order valence-corrected chi connectivity index (χ3v) is 7.57. The van der Waals surface area contributed by atoms with E-state index in [9.17, 15) is 18.5 Å². The Morgan fingerprint density at radius 2 is 1.82 bits per heavy atom. The van der Waals surface area contributed by atoms with Crippen LogP contribution in [0, 0.1) is 25.2 Å². The van der Waals surface area contributed by atoms with Crippen LogP contribution in [0.25, 0.3) is 6.08 Å². The van der Waals surface area contributed by atoms with E-state index in [1.807, 2.05) is 13.8 Å². The molecule has 28 heavy (non-hydrogen) atoms. The molecule has 1 heterocycles. The maximum atomic E-state index is 12.5. The average Bonchev–Trinajstić information content (AvgIpc) is 2.94. The molecule has 0 spiro atoms. The van der Waals surface area contributed by atoms with Crippen LogP contribution in [-0.2, 0) is 14.8 Å². The van der Waals surface area contributed by atoms with Crippen LogP contribution in [0.2, 0.25) is 0 Å². The molecule has 1 aromatic carbocycles. The van der Waals surface area contributed by atoms with Crippen LogP contribution in [0.5, 0.6) is 0 Å². The Bertz CT molecular complexity index is 1030. The minimum Gasteiger partial charge on any atom is -0.313 e. The minimum atomic E-state index is -3.50. The average molecular weight is 418 g/mol. The third-order valence-electron chi connectivity index (χ3n) is 4.38. The first-order chi connectivity index (χ1) is 13.2. The van der Waals surface area contributed by atoms with E-state index in [2.05, 4.69) is 11.4 Å². The summed E-state index contributed by atoms with van der Waals surface area (Å²) in [7, 11) is -3.50. The molecular formula is C20H23N3O3S2. The molecule has 2 aromatic rings. The minimum absolute atomic E-state index is 0.223. The van der Waals surface area contributed by atoms with Gasteiger partial charge in [0.15, 0.2) is 0 Å². The zero-order valence-electron chi connectivity index (χ0n) is 16.3. The van der Waals surface area contributed by atoms with Crippen LogP contribution in [0.1, 0.15) is 35.4 Å². The first kappa shape index (κ1) is 21.8. The summed E-state index contributed by atoms with van der Waals surface area (Å²) in [6.07, 6.45) is 2.96. The SMILES string of the molecule is CCN(CC)S(=O)(=O)c1ccc(/C=C/C(=O)Nc2sc(C)c(C)c2C#N)cc1. The Labute approximate surface area is 170 Å². The number of nitriles is 1. The molecule has 2 rings (SSSR count). The number of nitrogens with one attached hydrogen (secondary N) is 1. The van der Waals surface area contributed by atoms with Gasteiger partial charge in [-0.1, -0.05) is 26.0 Å². The highest BCUT2D eigenvalue weighted by molar-refractivity contribution is 7.89. The number of benzene rings is 1. The van der Waals surface area contributed by atoms with Gasteiger partial charge in [-0.2, -0.15) is 9.57 Å². The van der Waals surface area contributed by atoms with Crippen molar-refractivity contribution in [1.82, 2.24) is 4.31 Å². The molecule has 0 unspecified atom stereocenters. The molecule has 1 N–H and O–H groups in total. The molecule has 0 aliphatic carbocycles. The van der Waals surface area contributed by atoms with Gasteiger partial charge in [-0.25, -0.2) is 8.42 Å². The molecule has 0 saturated carbocycles. The number of nitrogens with zero attached hydrogens (tertiary/aromatic N) is 2. The fourth-order valence-electron chi connectivity index (χ4n) is 2.64. The lowest BCUT2D eigenvalue weighted by atomic mass is 10.2. The van der Waals surface area contributed by atoms with Gasteiger partial charge in [0.25, 0.3) is 0 Å². The van der Waals surface area contributed by atoms with Crippen LogP contribution in [-0.4, -0.2) is 31.7 Å². The number of hydrogen-bond donors (Lipinski definition) is 1. The zero-order chi connectivity index (χ0) is 20.9. The summed E-state index contributed by atoms with van der Waals surface area (Å²) in [6, 6.07) is 8.49. The molecule has 0 aliphatic heterocycles. The topological polar surface area (TPSA) is 90.3 Å². The lowest BCUT2D eigenvalue weighted by molar-refractivity contribution is -0.111. The van der Waals surface area contributed by atoms with E-state index >= 15 is 0 Å². The Morgan fingerprint density at radius 1 is 1.21 bits per heavy atom. The molecule has 148 valence electrons. The number of rotatable bonds is 7. The van der Waals surface area contributed by atoms with Gasteiger partial charge in [-0.05, 0) is 43.2 Å². The van der Waals surface area contributed by atoms with Crippen molar-refractivity contribution in [2.24, 2.45) is 0 Å². The van der Waals surface area contributed by atoms with Crippen molar-refractivity contribution >= 4 is 38.3 Å². The molecule has 0 atom stereocenters. The number of sulfonamides is 1. The molecule has 0 bridgehead atoms. The maximum absolute atomic E-state index is 12.5. The van der Waals surface area contributed by atoms with Crippen molar-refractivity contribution in [3.8, 4) is 6.07 Å². The van der Waals surface area contributed by atoms with Crippen LogP contribution in [0.3, 0.4) is 0 Å². The normalized spacial score (nSPS) is 11.7. The first-order valence-corrected chi connectivity index (χ1v) is 11.1. The Balaban J connectivity index is 2.12. The van der Waals surface area contributed by atoms with Crippen LogP contribution in [0.15, 0.2) is 35.2 Å². The Hall–Kier alpha value is -2.47. The van der Waals surface area contributed by atoms with Gasteiger partial charge in [0.05, 0.1) is 10.5 Å². The monoisotopic (exact) mass is 417 g/mol. The molecule has 1 amide bonds. The maximum Gasteiger partial charge on any atom is 0.249 e. The fourth-order valence-corrected chi connectivity index (χ4v) is 5.11. The van der Waals surface area contributed by atoms with Gasteiger partial charge in [0, 0.05) is 24.0 Å². The first-order valence-electron chi connectivity index (χ1n) is 8.83. The largest absolute Gasteiger partial charge is 0.313 e. The highest BCUT2D eigenvalue weighted by Gasteiger charge is 2.21. The molecule has 0 radical (unpaired) electrons. The van der Waals surface area contributed by atoms with Crippen LogP contribution in [0.4, 0.5) is 5.00 Å². The summed E-state index contributed by atoms with van der Waals surface area (Å²) in [5.41, 5.74) is 2.06. The smallest absolute Gasteiger partial charge is 0.249 e. The molecule has 6 nitrogen and oxygen atoms in total. The van der Waals surface area contributed by atoms with Gasteiger partial charge in [-0.3, -0.25) is 4.79 Å². The lowest BCUT2D eigenvalue weighted by Crippen LogP contribution is -2.30. The predicted molar refractivity (Wildman–Crippen MR) is 113 cm³/mol. The number of hydrogen-bond acceptors (Lipinski definition) is 5. The van der Waals surface area contributed by atoms with Gasteiger partial charge >= 0.3 is 0 Å². The number of anilines is 1. The van der Waals surface area contributed by atoms with E-state index in [-0.39, 0.29) is 10.8 Å². The number of thiophene rings is 1. The van der Waals surface area contributed by atoms with Crippen LogP contribution < -0.4 is 5.32 Å². The highest BCUT2D eigenvalue weighted by Crippen LogP contribution is 2.31. The van der Waals surface area contributed by atoms with E-state index in [1.54, 1.807) is 32.1 Å². The number of aryl methyl sites for hydroxylation is 1.